The lowest BCUT2D eigenvalue weighted by atomic mass is 9.95. The summed E-state index contributed by atoms with van der Waals surface area (Å²) in [5.74, 6) is 0.349. The Kier molecular flexibility index (Phi) is 4.13. The van der Waals surface area contributed by atoms with Crippen molar-refractivity contribution in [3.05, 3.63) is 56.2 Å². The lowest BCUT2D eigenvalue weighted by molar-refractivity contribution is 0.285. The van der Waals surface area contributed by atoms with E-state index in [1.54, 1.807) is 11.3 Å². The zero-order valence-corrected chi connectivity index (χ0v) is 13.0. The van der Waals surface area contributed by atoms with Gasteiger partial charge in [0.1, 0.15) is 0 Å². The fraction of sp³-hybridized carbons (Fsp3) is 0.375. The molecule has 20 heavy (non-hydrogen) atoms. The van der Waals surface area contributed by atoms with Crippen molar-refractivity contribution in [3.8, 4) is 0 Å². The minimum absolute atomic E-state index is 0.0356. The molecule has 106 valence electrons. The minimum atomic E-state index is 0.0356. The first-order valence-electron chi connectivity index (χ1n) is 6.85. The first-order valence-corrected chi connectivity index (χ1v) is 8.04. The van der Waals surface area contributed by atoms with E-state index in [1.165, 1.54) is 16.0 Å². The highest BCUT2D eigenvalue weighted by Gasteiger charge is 2.28. The number of fused-ring (bicyclic) bond motifs is 1. The van der Waals surface area contributed by atoms with E-state index in [1.807, 2.05) is 6.07 Å². The number of rotatable bonds is 2. The standard InChI is InChI=1S/C16H18ClNOS/c1-18-8-7-12-15(17)14(10-19)20-16(12)13(9-18)11-5-3-2-4-6-11/h2-6,13,19H,7-10H2,1H3. The van der Waals surface area contributed by atoms with Crippen LogP contribution in [0.2, 0.25) is 5.02 Å². The monoisotopic (exact) mass is 307 g/mol. The Bertz CT molecular complexity index is 596. The molecule has 1 unspecified atom stereocenters. The first-order chi connectivity index (χ1) is 9.70. The lowest BCUT2D eigenvalue weighted by Gasteiger charge is -2.20. The highest BCUT2D eigenvalue weighted by Crippen LogP contribution is 2.42. The van der Waals surface area contributed by atoms with E-state index >= 15 is 0 Å². The molecule has 0 radical (unpaired) electrons. The van der Waals surface area contributed by atoms with Gasteiger partial charge in [0.05, 0.1) is 11.6 Å². The Balaban J connectivity index is 2.10. The van der Waals surface area contributed by atoms with Gasteiger partial charge >= 0.3 is 0 Å². The van der Waals surface area contributed by atoms with Gasteiger partial charge in [-0.05, 0) is 24.6 Å². The fourth-order valence-electron chi connectivity index (χ4n) is 2.86. The van der Waals surface area contributed by atoms with Crippen molar-refractivity contribution in [1.29, 1.82) is 0 Å². The van der Waals surface area contributed by atoms with Gasteiger partial charge in [0.25, 0.3) is 0 Å². The lowest BCUT2D eigenvalue weighted by Crippen LogP contribution is -2.24. The predicted octanol–water partition coefficient (Wildman–Crippen LogP) is 3.51. The Morgan fingerprint density at radius 3 is 2.80 bits per heavy atom. The van der Waals surface area contributed by atoms with E-state index in [9.17, 15) is 5.11 Å². The number of likely N-dealkylation sites (N-methyl/N-ethyl adjacent to an activating group) is 1. The highest BCUT2D eigenvalue weighted by atomic mass is 35.5. The number of thiophene rings is 1. The van der Waals surface area contributed by atoms with Crippen molar-refractivity contribution < 1.29 is 5.11 Å². The minimum Gasteiger partial charge on any atom is -0.391 e. The summed E-state index contributed by atoms with van der Waals surface area (Å²) in [6, 6.07) is 10.6. The molecule has 1 aliphatic rings. The Morgan fingerprint density at radius 1 is 1.35 bits per heavy atom. The van der Waals surface area contributed by atoms with Gasteiger partial charge in [0.15, 0.2) is 0 Å². The number of hydrogen-bond acceptors (Lipinski definition) is 3. The third kappa shape index (κ3) is 2.51. The summed E-state index contributed by atoms with van der Waals surface area (Å²) in [5, 5.41) is 10.2. The van der Waals surface area contributed by atoms with Crippen LogP contribution >= 0.6 is 22.9 Å². The van der Waals surface area contributed by atoms with Crippen molar-refractivity contribution in [2.75, 3.05) is 20.1 Å². The topological polar surface area (TPSA) is 23.5 Å². The molecule has 0 aliphatic carbocycles. The first kappa shape index (κ1) is 14.1. The maximum Gasteiger partial charge on any atom is 0.0789 e. The van der Waals surface area contributed by atoms with E-state index in [4.69, 9.17) is 11.6 Å². The number of halogens is 1. The predicted molar refractivity (Wildman–Crippen MR) is 84.7 cm³/mol. The summed E-state index contributed by atoms with van der Waals surface area (Å²) in [7, 11) is 2.16. The Morgan fingerprint density at radius 2 is 2.10 bits per heavy atom. The number of aliphatic hydroxyl groups is 1. The summed E-state index contributed by atoms with van der Waals surface area (Å²) in [5.41, 5.74) is 2.56. The third-order valence-corrected chi connectivity index (χ3v) is 5.84. The summed E-state index contributed by atoms with van der Waals surface area (Å²) in [4.78, 5) is 4.59. The van der Waals surface area contributed by atoms with Gasteiger partial charge in [-0.15, -0.1) is 11.3 Å². The van der Waals surface area contributed by atoms with Crippen molar-refractivity contribution in [3.63, 3.8) is 0 Å². The molecule has 1 aromatic heterocycles. The average molecular weight is 308 g/mol. The van der Waals surface area contributed by atoms with Gasteiger partial charge in [0, 0.05) is 28.8 Å². The van der Waals surface area contributed by atoms with Crippen LogP contribution in [0.1, 0.15) is 26.8 Å². The van der Waals surface area contributed by atoms with Crippen LogP contribution in [-0.4, -0.2) is 30.1 Å². The molecule has 1 N–H and O–H groups in total. The third-order valence-electron chi connectivity index (χ3n) is 3.94. The fourth-order valence-corrected chi connectivity index (χ4v) is 4.51. The molecule has 0 spiro atoms. The van der Waals surface area contributed by atoms with Crippen molar-refractivity contribution >= 4 is 22.9 Å². The molecule has 0 fully saturated rings. The molecule has 1 aromatic carbocycles. The summed E-state index contributed by atoms with van der Waals surface area (Å²) >= 11 is 8.12. The van der Waals surface area contributed by atoms with Crippen molar-refractivity contribution in [2.45, 2.75) is 18.9 Å². The molecule has 2 aromatic rings. The van der Waals surface area contributed by atoms with Crippen LogP contribution in [0.3, 0.4) is 0 Å². The molecule has 1 aliphatic heterocycles. The molecule has 1 atom stereocenters. The van der Waals surface area contributed by atoms with E-state index in [-0.39, 0.29) is 6.61 Å². The quantitative estimate of drug-likeness (QED) is 0.917. The van der Waals surface area contributed by atoms with Crippen molar-refractivity contribution in [1.82, 2.24) is 4.90 Å². The van der Waals surface area contributed by atoms with Crippen LogP contribution in [0.15, 0.2) is 30.3 Å². The normalized spacial score (nSPS) is 19.6. The van der Waals surface area contributed by atoms with Gasteiger partial charge in [-0.25, -0.2) is 0 Å². The molecular formula is C16H18ClNOS. The van der Waals surface area contributed by atoms with Crippen LogP contribution in [0.5, 0.6) is 0 Å². The molecule has 0 bridgehead atoms. The van der Waals surface area contributed by atoms with E-state index in [0.29, 0.717) is 5.92 Å². The maximum atomic E-state index is 9.46. The second-order valence-electron chi connectivity index (χ2n) is 5.32. The zero-order valence-electron chi connectivity index (χ0n) is 11.5. The molecule has 0 saturated heterocycles. The van der Waals surface area contributed by atoms with E-state index in [0.717, 1.165) is 29.4 Å². The average Bonchev–Trinajstić information content (AvgIpc) is 2.69. The summed E-state index contributed by atoms with van der Waals surface area (Å²) in [6.07, 6.45) is 0.963. The number of hydrogen-bond donors (Lipinski definition) is 1. The van der Waals surface area contributed by atoms with Crippen LogP contribution in [0, 0.1) is 0 Å². The highest BCUT2D eigenvalue weighted by molar-refractivity contribution is 7.13. The smallest absolute Gasteiger partial charge is 0.0789 e. The van der Waals surface area contributed by atoms with Crippen LogP contribution in [-0.2, 0) is 13.0 Å². The second kappa shape index (κ2) is 5.86. The number of benzene rings is 1. The van der Waals surface area contributed by atoms with E-state index < -0.39 is 0 Å². The second-order valence-corrected chi connectivity index (χ2v) is 6.83. The summed E-state index contributed by atoms with van der Waals surface area (Å²) < 4.78 is 0. The zero-order chi connectivity index (χ0) is 14.1. The Labute approximate surface area is 128 Å². The van der Waals surface area contributed by atoms with Gasteiger partial charge in [0.2, 0.25) is 0 Å². The number of nitrogens with zero attached hydrogens (tertiary/aromatic N) is 1. The van der Waals surface area contributed by atoms with Gasteiger partial charge < -0.3 is 10.0 Å². The molecule has 3 rings (SSSR count). The maximum absolute atomic E-state index is 9.46. The van der Waals surface area contributed by atoms with Crippen LogP contribution in [0.25, 0.3) is 0 Å². The van der Waals surface area contributed by atoms with Gasteiger partial charge in [-0.2, -0.15) is 0 Å². The molecule has 4 heteroatoms. The van der Waals surface area contributed by atoms with E-state index in [2.05, 4.69) is 36.2 Å². The molecule has 0 saturated carbocycles. The summed E-state index contributed by atoms with van der Waals surface area (Å²) in [6.45, 7) is 2.05. The molecule has 0 amide bonds. The van der Waals surface area contributed by atoms with Crippen molar-refractivity contribution in [2.24, 2.45) is 0 Å². The largest absolute Gasteiger partial charge is 0.391 e. The van der Waals surface area contributed by atoms with Gasteiger partial charge in [-0.3, -0.25) is 0 Å². The molecular weight excluding hydrogens is 290 g/mol. The Hall–Kier alpha value is -0.870. The molecule has 2 nitrogen and oxygen atoms in total. The van der Waals surface area contributed by atoms with Crippen LogP contribution < -0.4 is 0 Å². The van der Waals surface area contributed by atoms with Crippen LogP contribution in [0.4, 0.5) is 0 Å². The number of aliphatic hydroxyl groups excluding tert-OH is 1. The molecule has 2 heterocycles. The SMILES string of the molecule is CN1CCc2c(sc(CO)c2Cl)C(c2ccccc2)C1. The van der Waals surface area contributed by atoms with Gasteiger partial charge in [-0.1, -0.05) is 41.9 Å².